The molecule has 0 spiro atoms. The van der Waals surface area contributed by atoms with Crippen LogP contribution in [0.25, 0.3) is 0 Å². The molecule has 0 saturated carbocycles. The van der Waals surface area contributed by atoms with E-state index in [0.29, 0.717) is 0 Å². The molecule has 0 fully saturated rings. The second kappa shape index (κ2) is 4.57. The molecule has 0 aliphatic carbocycles. The summed E-state index contributed by atoms with van der Waals surface area (Å²) in [5, 5.41) is 18.1. The van der Waals surface area contributed by atoms with Gasteiger partial charge in [0.2, 0.25) is 12.6 Å². The van der Waals surface area contributed by atoms with Gasteiger partial charge in [-0.1, -0.05) is 0 Å². The molecule has 2 N–H and O–H groups in total. The molecular weight excluding hydrogens is 184 g/mol. The highest BCUT2D eigenvalue weighted by atomic mass is 16.7. The van der Waals surface area contributed by atoms with Gasteiger partial charge < -0.3 is 19.7 Å². The summed E-state index contributed by atoms with van der Waals surface area (Å²) < 4.78 is 10.7. The standard InChI is InChI=1S/C10H22O4/c1-9(2,3)13-8(7(11)12)14-10(4,5)6/h7-8,11-12H,1-6H3. The minimum Gasteiger partial charge on any atom is -0.364 e. The van der Waals surface area contributed by atoms with Crippen molar-refractivity contribution in [2.75, 3.05) is 0 Å². The highest BCUT2D eigenvalue weighted by Gasteiger charge is 2.29. The molecule has 0 aliphatic rings. The largest absolute Gasteiger partial charge is 0.364 e. The fourth-order valence-electron chi connectivity index (χ4n) is 0.843. The normalized spacial score (nSPS) is 14.1. The van der Waals surface area contributed by atoms with E-state index in [1.807, 2.05) is 41.5 Å². The number of rotatable bonds is 3. The zero-order chi connectivity index (χ0) is 11.6. The molecule has 14 heavy (non-hydrogen) atoms. The van der Waals surface area contributed by atoms with Crippen LogP contribution in [0.15, 0.2) is 0 Å². The van der Waals surface area contributed by atoms with Gasteiger partial charge in [0, 0.05) is 0 Å². The van der Waals surface area contributed by atoms with E-state index in [9.17, 15) is 0 Å². The molecule has 86 valence electrons. The van der Waals surface area contributed by atoms with Crippen LogP contribution in [0, 0.1) is 0 Å². The molecule has 0 aliphatic heterocycles. The second-order valence-corrected chi connectivity index (χ2v) is 5.24. The van der Waals surface area contributed by atoms with Gasteiger partial charge in [-0.25, -0.2) is 0 Å². The Labute approximate surface area is 85.8 Å². The van der Waals surface area contributed by atoms with Crippen molar-refractivity contribution in [3.05, 3.63) is 0 Å². The Morgan fingerprint density at radius 2 is 1.07 bits per heavy atom. The van der Waals surface area contributed by atoms with E-state index >= 15 is 0 Å². The minimum absolute atomic E-state index is 0.473. The molecule has 0 amide bonds. The van der Waals surface area contributed by atoms with Crippen molar-refractivity contribution in [3.8, 4) is 0 Å². The Hall–Kier alpha value is -0.160. The zero-order valence-electron chi connectivity index (χ0n) is 9.87. The fourth-order valence-corrected chi connectivity index (χ4v) is 0.843. The fraction of sp³-hybridized carbons (Fsp3) is 1.00. The molecule has 0 aromatic rings. The third kappa shape index (κ3) is 7.26. The maximum atomic E-state index is 9.04. The first-order valence-electron chi connectivity index (χ1n) is 4.73. The zero-order valence-corrected chi connectivity index (χ0v) is 9.87. The van der Waals surface area contributed by atoms with E-state index < -0.39 is 23.8 Å². The first kappa shape index (κ1) is 13.8. The number of aliphatic hydroxyl groups is 2. The van der Waals surface area contributed by atoms with Crippen LogP contribution in [-0.2, 0) is 9.47 Å². The number of ether oxygens (including phenoxy) is 2. The van der Waals surface area contributed by atoms with Crippen LogP contribution >= 0.6 is 0 Å². The Bertz CT molecular complexity index is 148. The molecular formula is C10H22O4. The maximum Gasteiger partial charge on any atom is 0.210 e. The van der Waals surface area contributed by atoms with E-state index in [4.69, 9.17) is 19.7 Å². The van der Waals surface area contributed by atoms with Gasteiger partial charge in [-0.3, -0.25) is 0 Å². The predicted molar refractivity (Wildman–Crippen MR) is 53.7 cm³/mol. The Balaban J connectivity index is 4.32. The van der Waals surface area contributed by atoms with Crippen molar-refractivity contribution in [3.63, 3.8) is 0 Å². The topological polar surface area (TPSA) is 58.9 Å². The van der Waals surface area contributed by atoms with Crippen LogP contribution in [0.4, 0.5) is 0 Å². The quantitative estimate of drug-likeness (QED) is 0.682. The lowest BCUT2D eigenvalue weighted by Crippen LogP contribution is -2.42. The monoisotopic (exact) mass is 206 g/mol. The lowest BCUT2D eigenvalue weighted by Gasteiger charge is -2.33. The van der Waals surface area contributed by atoms with Crippen molar-refractivity contribution >= 4 is 0 Å². The van der Waals surface area contributed by atoms with Gasteiger partial charge in [-0.05, 0) is 41.5 Å². The minimum atomic E-state index is -1.63. The molecule has 0 saturated heterocycles. The van der Waals surface area contributed by atoms with Crippen LogP contribution in [0.3, 0.4) is 0 Å². The number of hydrogen-bond donors (Lipinski definition) is 2. The maximum absolute atomic E-state index is 9.04. The van der Waals surface area contributed by atoms with Crippen molar-refractivity contribution in [2.24, 2.45) is 0 Å². The van der Waals surface area contributed by atoms with Crippen molar-refractivity contribution < 1.29 is 19.7 Å². The summed E-state index contributed by atoms with van der Waals surface area (Å²) in [5.74, 6) is 0. The third-order valence-electron chi connectivity index (χ3n) is 1.18. The molecule has 0 aromatic carbocycles. The highest BCUT2D eigenvalue weighted by Crippen LogP contribution is 2.19. The molecule has 0 rings (SSSR count). The van der Waals surface area contributed by atoms with Crippen LogP contribution in [0.1, 0.15) is 41.5 Å². The molecule has 0 radical (unpaired) electrons. The van der Waals surface area contributed by atoms with Gasteiger partial charge in [0.05, 0.1) is 11.2 Å². The Morgan fingerprint density at radius 1 is 0.786 bits per heavy atom. The van der Waals surface area contributed by atoms with Crippen LogP contribution in [-0.4, -0.2) is 34.0 Å². The van der Waals surface area contributed by atoms with Crippen LogP contribution in [0.5, 0.6) is 0 Å². The first-order chi connectivity index (χ1) is 6.01. The van der Waals surface area contributed by atoms with Crippen molar-refractivity contribution in [2.45, 2.75) is 65.3 Å². The van der Waals surface area contributed by atoms with Gasteiger partial charge in [-0.15, -0.1) is 0 Å². The van der Waals surface area contributed by atoms with Crippen LogP contribution in [0.2, 0.25) is 0 Å². The molecule has 0 aromatic heterocycles. The SMILES string of the molecule is CC(C)(C)OC(OC(C)(C)C)C(O)O. The lowest BCUT2D eigenvalue weighted by atomic mass is 10.2. The van der Waals surface area contributed by atoms with E-state index in [0.717, 1.165) is 0 Å². The molecule has 4 heteroatoms. The number of hydrogen-bond acceptors (Lipinski definition) is 4. The molecule has 4 nitrogen and oxygen atoms in total. The van der Waals surface area contributed by atoms with Gasteiger partial charge in [0.15, 0.2) is 0 Å². The van der Waals surface area contributed by atoms with Crippen LogP contribution < -0.4 is 0 Å². The van der Waals surface area contributed by atoms with Gasteiger partial charge in [0.1, 0.15) is 0 Å². The van der Waals surface area contributed by atoms with Gasteiger partial charge in [-0.2, -0.15) is 0 Å². The summed E-state index contributed by atoms with van der Waals surface area (Å²) in [6.45, 7) is 11.0. The van der Waals surface area contributed by atoms with E-state index in [2.05, 4.69) is 0 Å². The first-order valence-corrected chi connectivity index (χ1v) is 4.73. The average Bonchev–Trinajstić information content (AvgIpc) is 1.78. The molecule has 0 unspecified atom stereocenters. The molecule has 0 heterocycles. The summed E-state index contributed by atoms with van der Waals surface area (Å²) in [6, 6.07) is 0. The smallest absolute Gasteiger partial charge is 0.210 e. The summed E-state index contributed by atoms with van der Waals surface area (Å²) in [7, 11) is 0. The summed E-state index contributed by atoms with van der Waals surface area (Å²) >= 11 is 0. The second-order valence-electron chi connectivity index (χ2n) is 5.24. The van der Waals surface area contributed by atoms with E-state index in [1.54, 1.807) is 0 Å². The van der Waals surface area contributed by atoms with Crippen molar-refractivity contribution in [1.82, 2.24) is 0 Å². The Kier molecular flexibility index (Phi) is 4.52. The average molecular weight is 206 g/mol. The van der Waals surface area contributed by atoms with Gasteiger partial charge >= 0.3 is 0 Å². The summed E-state index contributed by atoms with van der Waals surface area (Å²) in [4.78, 5) is 0. The summed E-state index contributed by atoms with van der Waals surface area (Å²) in [5.41, 5.74) is -0.945. The third-order valence-corrected chi connectivity index (χ3v) is 1.18. The summed E-state index contributed by atoms with van der Waals surface area (Å²) in [6.07, 6.45) is -2.65. The molecule has 0 atom stereocenters. The predicted octanol–water partition coefficient (Wildman–Crippen LogP) is 1.25. The highest BCUT2D eigenvalue weighted by molar-refractivity contribution is 4.66. The lowest BCUT2D eigenvalue weighted by molar-refractivity contribution is -0.308. The number of aliphatic hydroxyl groups excluding tert-OH is 1. The Morgan fingerprint density at radius 3 is 1.21 bits per heavy atom. The van der Waals surface area contributed by atoms with Gasteiger partial charge in [0.25, 0.3) is 0 Å². The van der Waals surface area contributed by atoms with E-state index in [1.165, 1.54) is 0 Å². The van der Waals surface area contributed by atoms with E-state index in [-0.39, 0.29) is 0 Å². The van der Waals surface area contributed by atoms with Crippen molar-refractivity contribution in [1.29, 1.82) is 0 Å². The molecule has 0 bridgehead atoms.